The molecular weight excluding hydrogens is 290 g/mol. The highest BCUT2D eigenvalue weighted by Crippen LogP contribution is 2.31. The van der Waals surface area contributed by atoms with Gasteiger partial charge in [0.1, 0.15) is 0 Å². The Morgan fingerprint density at radius 3 is 2.83 bits per heavy atom. The van der Waals surface area contributed by atoms with Gasteiger partial charge < -0.3 is 10.0 Å². The molecule has 100 valence electrons. The number of nitrogens with zero attached hydrogens (tertiary/aromatic N) is 1. The molecule has 0 amide bonds. The van der Waals surface area contributed by atoms with Crippen LogP contribution in [0.1, 0.15) is 44.8 Å². The van der Waals surface area contributed by atoms with Crippen LogP contribution in [0.15, 0.2) is 22.7 Å². The van der Waals surface area contributed by atoms with Crippen LogP contribution in [0.5, 0.6) is 0 Å². The maximum Gasteiger partial charge on any atom is 0.0782 e. The SMILES string of the molecule is CC1CCCN(c2cc(Br)ccc2C(C)O)CC1. The molecule has 0 radical (unpaired) electrons. The summed E-state index contributed by atoms with van der Waals surface area (Å²) >= 11 is 3.54. The van der Waals surface area contributed by atoms with Crippen molar-refractivity contribution < 1.29 is 5.11 Å². The number of hydrogen-bond donors (Lipinski definition) is 1. The van der Waals surface area contributed by atoms with Crippen LogP contribution in [-0.4, -0.2) is 18.2 Å². The zero-order chi connectivity index (χ0) is 13.1. The van der Waals surface area contributed by atoms with Crippen molar-refractivity contribution in [3.05, 3.63) is 28.2 Å². The predicted octanol–water partition coefficient (Wildman–Crippen LogP) is 4.13. The van der Waals surface area contributed by atoms with E-state index in [2.05, 4.69) is 33.8 Å². The van der Waals surface area contributed by atoms with E-state index >= 15 is 0 Å². The fourth-order valence-corrected chi connectivity index (χ4v) is 3.00. The van der Waals surface area contributed by atoms with Gasteiger partial charge in [0.05, 0.1) is 6.10 Å². The van der Waals surface area contributed by atoms with E-state index in [-0.39, 0.29) is 0 Å². The van der Waals surface area contributed by atoms with E-state index < -0.39 is 6.10 Å². The molecule has 0 saturated carbocycles. The van der Waals surface area contributed by atoms with E-state index in [1.807, 2.05) is 19.1 Å². The molecule has 1 saturated heterocycles. The summed E-state index contributed by atoms with van der Waals surface area (Å²) < 4.78 is 1.08. The normalized spacial score (nSPS) is 22.7. The molecule has 0 spiro atoms. The number of aliphatic hydroxyl groups excluding tert-OH is 1. The summed E-state index contributed by atoms with van der Waals surface area (Å²) in [7, 11) is 0. The second kappa shape index (κ2) is 6.07. The molecule has 0 aliphatic carbocycles. The largest absolute Gasteiger partial charge is 0.389 e. The van der Waals surface area contributed by atoms with Crippen molar-refractivity contribution in [1.29, 1.82) is 0 Å². The number of benzene rings is 1. The summed E-state index contributed by atoms with van der Waals surface area (Å²) in [6, 6.07) is 6.17. The lowest BCUT2D eigenvalue weighted by atomic mass is 10.0. The Labute approximate surface area is 118 Å². The van der Waals surface area contributed by atoms with E-state index in [9.17, 15) is 5.11 Å². The van der Waals surface area contributed by atoms with Crippen LogP contribution in [0.3, 0.4) is 0 Å². The second-order valence-electron chi connectivity index (χ2n) is 5.40. The fourth-order valence-electron chi connectivity index (χ4n) is 2.65. The number of hydrogen-bond acceptors (Lipinski definition) is 2. The minimum absolute atomic E-state index is 0.409. The summed E-state index contributed by atoms with van der Waals surface area (Å²) in [5.74, 6) is 0.817. The van der Waals surface area contributed by atoms with E-state index in [1.165, 1.54) is 24.9 Å². The van der Waals surface area contributed by atoms with Crippen LogP contribution >= 0.6 is 15.9 Å². The summed E-state index contributed by atoms with van der Waals surface area (Å²) in [6.07, 6.45) is 3.39. The van der Waals surface area contributed by atoms with Gasteiger partial charge in [0, 0.05) is 28.8 Å². The third-order valence-electron chi connectivity index (χ3n) is 3.80. The topological polar surface area (TPSA) is 23.5 Å². The second-order valence-corrected chi connectivity index (χ2v) is 6.32. The minimum Gasteiger partial charge on any atom is -0.389 e. The van der Waals surface area contributed by atoms with Crippen LogP contribution < -0.4 is 4.90 Å². The van der Waals surface area contributed by atoms with Crippen LogP contribution in [0.4, 0.5) is 5.69 Å². The summed E-state index contributed by atoms with van der Waals surface area (Å²) in [6.45, 7) is 6.37. The van der Waals surface area contributed by atoms with Gasteiger partial charge in [0.2, 0.25) is 0 Å². The third-order valence-corrected chi connectivity index (χ3v) is 4.29. The van der Waals surface area contributed by atoms with Crippen LogP contribution in [0.2, 0.25) is 0 Å². The molecule has 1 fully saturated rings. The average molecular weight is 312 g/mol. The first-order valence-electron chi connectivity index (χ1n) is 6.80. The van der Waals surface area contributed by atoms with Crippen molar-refractivity contribution in [1.82, 2.24) is 0 Å². The molecule has 3 heteroatoms. The van der Waals surface area contributed by atoms with Crippen molar-refractivity contribution in [2.45, 2.75) is 39.2 Å². The maximum atomic E-state index is 9.91. The summed E-state index contributed by atoms with van der Waals surface area (Å²) in [4.78, 5) is 2.43. The molecule has 18 heavy (non-hydrogen) atoms. The highest BCUT2D eigenvalue weighted by molar-refractivity contribution is 9.10. The number of halogens is 1. The predicted molar refractivity (Wildman–Crippen MR) is 80.0 cm³/mol. The molecule has 1 aromatic carbocycles. The molecular formula is C15H22BrNO. The van der Waals surface area contributed by atoms with Gasteiger partial charge in [0.25, 0.3) is 0 Å². The molecule has 2 unspecified atom stereocenters. The Morgan fingerprint density at radius 2 is 2.11 bits per heavy atom. The quantitative estimate of drug-likeness (QED) is 0.887. The first kappa shape index (κ1) is 13.9. The van der Waals surface area contributed by atoms with Gasteiger partial charge in [0.15, 0.2) is 0 Å². The number of rotatable bonds is 2. The fraction of sp³-hybridized carbons (Fsp3) is 0.600. The molecule has 1 aliphatic rings. The van der Waals surface area contributed by atoms with Gasteiger partial charge in [-0.05, 0) is 44.2 Å². The molecule has 0 aromatic heterocycles. The van der Waals surface area contributed by atoms with Gasteiger partial charge >= 0.3 is 0 Å². The van der Waals surface area contributed by atoms with Gasteiger partial charge in [-0.25, -0.2) is 0 Å². The molecule has 0 bridgehead atoms. The summed E-state index contributed by atoms with van der Waals surface area (Å²) in [5.41, 5.74) is 2.22. The minimum atomic E-state index is -0.409. The molecule has 2 nitrogen and oxygen atoms in total. The summed E-state index contributed by atoms with van der Waals surface area (Å²) in [5, 5.41) is 9.91. The van der Waals surface area contributed by atoms with E-state index in [0.29, 0.717) is 0 Å². The van der Waals surface area contributed by atoms with Crippen molar-refractivity contribution in [3.8, 4) is 0 Å². The standard InChI is InChI=1S/C15H22BrNO/c1-11-4-3-8-17(9-7-11)15-10-13(16)5-6-14(15)12(2)18/h5-6,10-12,18H,3-4,7-9H2,1-2H3. The van der Waals surface area contributed by atoms with Crippen molar-refractivity contribution in [2.75, 3.05) is 18.0 Å². The van der Waals surface area contributed by atoms with Crippen molar-refractivity contribution >= 4 is 21.6 Å². The first-order chi connectivity index (χ1) is 8.58. The van der Waals surface area contributed by atoms with Gasteiger partial charge in [-0.1, -0.05) is 28.9 Å². The Kier molecular flexibility index (Phi) is 4.68. The highest BCUT2D eigenvalue weighted by Gasteiger charge is 2.18. The van der Waals surface area contributed by atoms with Crippen molar-refractivity contribution in [3.63, 3.8) is 0 Å². The molecule has 2 atom stereocenters. The number of aliphatic hydroxyl groups is 1. The third kappa shape index (κ3) is 3.27. The van der Waals surface area contributed by atoms with E-state index in [1.54, 1.807) is 0 Å². The lowest BCUT2D eigenvalue weighted by Gasteiger charge is -2.27. The lowest BCUT2D eigenvalue weighted by Crippen LogP contribution is -2.25. The molecule has 1 heterocycles. The highest BCUT2D eigenvalue weighted by atomic mass is 79.9. The van der Waals surface area contributed by atoms with Crippen LogP contribution in [0.25, 0.3) is 0 Å². The monoisotopic (exact) mass is 311 g/mol. The van der Waals surface area contributed by atoms with Gasteiger partial charge in [-0.3, -0.25) is 0 Å². The van der Waals surface area contributed by atoms with E-state index in [4.69, 9.17) is 0 Å². The van der Waals surface area contributed by atoms with Crippen LogP contribution in [-0.2, 0) is 0 Å². The first-order valence-corrected chi connectivity index (χ1v) is 7.59. The Hall–Kier alpha value is -0.540. The molecule has 1 aromatic rings. The maximum absolute atomic E-state index is 9.91. The smallest absolute Gasteiger partial charge is 0.0782 e. The Bertz CT molecular complexity index is 405. The lowest BCUT2D eigenvalue weighted by molar-refractivity contribution is 0.199. The average Bonchev–Trinajstić information content (AvgIpc) is 2.53. The zero-order valence-corrected chi connectivity index (χ0v) is 12.8. The molecule has 2 rings (SSSR count). The number of anilines is 1. The van der Waals surface area contributed by atoms with Crippen molar-refractivity contribution in [2.24, 2.45) is 5.92 Å². The van der Waals surface area contributed by atoms with Gasteiger partial charge in [-0.15, -0.1) is 0 Å². The van der Waals surface area contributed by atoms with Gasteiger partial charge in [-0.2, -0.15) is 0 Å². The van der Waals surface area contributed by atoms with Crippen LogP contribution in [0, 0.1) is 5.92 Å². The Morgan fingerprint density at radius 1 is 1.33 bits per heavy atom. The Balaban J connectivity index is 2.27. The molecule has 1 aliphatic heterocycles. The van der Waals surface area contributed by atoms with E-state index in [0.717, 1.165) is 29.0 Å². The zero-order valence-electron chi connectivity index (χ0n) is 11.2. The molecule has 1 N–H and O–H groups in total.